The molecule has 0 unspecified atom stereocenters. The van der Waals surface area contributed by atoms with Gasteiger partial charge in [0.2, 0.25) is 5.91 Å². The number of ether oxygens (including phenoxy) is 2. The lowest BCUT2D eigenvalue weighted by Crippen LogP contribution is -2.30. The normalized spacial score (nSPS) is 14.6. The van der Waals surface area contributed by atoms with Crippen LogP contribution < -0.4 is 20.7 Å². The maximum absolute atomic E-state index is 12.9. The highest BCUT2D eigenvalue weighted by molar-refractivity contribution is 7.14. The van der Waals surface area contributed by atoms with Crippen molar-refractivity contribution >= 4 is 34.5 Å². The number of aromatic nitrogens is 1. The molecule has 3 aromatic rings. The summed E-state index contributed by atoms with van der Waals surface area (Å²) in [5, 5.41) is 3.31. The summed E-state index contributed by atoms with van der Waals surface area (Å²) in [4.78, 5) is 33.1. The number of hydrogen-bond acceptors (Lipinski definition) is 7. The molecule has 1 fully saturated rings. The predicted octanol–water partition coefficient (Wildman–Crippen LogP) is 4.02. The number of thiazole rings is 1. The summed E-state index contributed by atoms with van der Waals surface area (Å²) >= 11 is 1.37. The number of fused-ring (bicyclic) bond motifs is 1. The van der Waals surface area contributed by atoms with Crippen LogP contribution in [0.3, 0.4) is 0 Å². The van der Waals surface area contributed by atoms with Gasteiger partial charge < -0.3 is 25.4 Å². The van der Waals surface area contributed by atoms with Crippen molar-refractivity contribution in [2.75, 3.05) is 43.1 Å². The summed E-state index contributed by atoms with van der Waals surface area (Å²) in [5.74, 6) is 0.840. The minimum absolute atomic E-state index is 0.208. The number of anilines is 2. The second-order valence-corrected chi connectivity index (χ2v) is 10.2. The van der Waals surface area contributed by atoms with Crippen LogP contribution in [0.2, 0.25) is 0 Å². The molecular formula is C27H30N4O4S. The van der Waals surface area contributed by atoms with Crippen LogP contribution in [0.15, 0.2) is 42.5 Å². The molecule has 1 aromatic heterocycles. The Hall–Kier alpha value is -3.27. The number of nitrogens with two attached hydrogens (primary N) is 1. The third-order valence-corrected chi connectivity index (χ3v) is 7.25. The second kappa shape index (κ2) is 10.8. The van der Waals surface area contributed by atoms with Gasteiger partial charge >= 0.3 is 0 Å². The SMILES string of the molecule is Cc1sc(C(=O)Nc2cccc(OCCOCCN)c2)nc1-c1ccc2c(c1)CCN2C(=O)C1CC1. The summed E-state index contributed by atoms with van der Waals surface area (Å²) in [5.41, 5.74) is 9.97. The molecule has 2 aromatic carbocycles. The standard InChI is InChI=1S/C27H30N4O4S/c1-17-24(20-7-8-23-19(15-20)9-11-31(23)27(33)18-5-6-18)30-26(36-17)25(32)29-21-3-2-4-22(16-21)35-14-13-34-12-10-28/h2-4,7-8,15-16,18H,5-6,9-14,28H2,1H3,(H,29,32). The molecule has 1 aliphatic heterocycles. The Morgan fingerprint density at radius 1 is 1.17 bits per heavy atom. The fraction of sp³-hybridized carbons (Fsp3) is 0.370. The Bertz CT molecular complexity index is 1270. The molecule has 188 valence electrons. The minimum atomic E-state index is -0.264. The highest BCUT2D eigenvalue weighted by atomic mass is 32.1. The fourth-order valence-electron chi connectivity index (χ4n) is 4.34. The molecule has 8 nitrogen and oxygen atoms in total. The first kappa shape index (κ1) is 24.4. The van der Waals surface area contributed by atoms with E-state index in [1.54, 1.807) is 6.07 Å². The zero-order valence-corrected chi connectivity index (χ0v) is 21.1. The van der Waals surface area contributed by atoms with E-state index in [0.717, 1.165) is 53.2 Å². The summed E-state index contributed by atoms with van der Waals surface area (Å²) in [6, 6.07) is 13.4. The van der Waals surface area contributed by atoms with Crippen molar-refractivity contribution in [1.29, 1.82) is 0 Å². The number of amides is 2. The van der Waals surface area contributed by atoms with Gasteiger partial charge in [-0.05, 0) is 56.0 Å². The molecule has 36 heavy (non-hydrogen) atoms. The number of benzene rings is 2. The maximum atomic E-state index is 12.9. The van der Waals surface area contributed by atoms with Crippen molar-refractivity contribution < 1.29 is 19.1 Å². The van der Waals surface area contributed by atoms with E-state index in [1.165, 1.54) is 11.3 Å². The van der Waals surface area contributed by atoms with E-state index in [-0.39, 0.29) is 17.7 Å². The third-order valence-electron chi connectivity index (χ3n) is 6.28. The maximum Gasteiger partial charge on any atom is 0.284 e. The zero-order chi connectivity index (χ0) is 25.1. The van der Waals surface area contributed by atoms with Crippen LogP contribution in [-0.4, -0.2) is 49.7 Å². The number of hydrogen-bond donors (Lipinski definition) is 2. The number of nitrogens with zero attached hydrogens (tertiary/aromatic N) is 2. The number of carbonyl (C=O) groups excluding carboxylic acids is 2. The summed E-state index contributed by atoms with van der Waals surface area (Å²) in [7, 11) is 0. The largest absolute Gasteiger partial charge is 0.491 e. The van der Waals surface area contributed by atoms with E-state index >= 15 is 0 Å². The number of carbonyl (C=O) groups is 2. The molecule has 9 heteroatoms. The van der Waals surface area contributed by atoms with Gasteiger partial charge in [-0.15, -0.1) is 11.3 Å². The van der Waals surface area contributed by atoms with Crippen molar-refractivity contribution in [1.82, 2.24) is 4.98 Å². The van der Waals surface area contributed by atoms with Gasteiger partial charge in [-0.1, -0.05) is 12.1 Å². The average Bonchev–Trinajstić information content (AvgIpc) is 3.53. The third kappa shape index (κ3) is 5.43. The Labute approximate surface area is 214 Å². The molecule has 0 bridgehead atoms. The number of aryl methyl sites for hydroxylation is 1. The van der Waals surface area contributed by atoms with Crippen LogP contribution in [0.1, 0.15) is 33.1 Å². The Morgan fingerprint density at radius 2 is 2.03 bits per heavy atom. The molecule has 0 saturated heterocycles. The van der Waals surface area contributed by atoms with E-state index < -0.39 is 0 Å². The number of rotatable bonds is 10. The first-order valence-electron chi connectivity index (χ1n) is 12.3. The lowest BCUT2D eigenvalue weighted by Gasteiger charge is -2.17. The van der Waals surface area contributed by atoms with Crippen LogP contribution in [0, 0.1) is 12.8 Å². The Kier molecular flexibility index (Phi) is 7.31. The fourth-order valence-corrected chi connectivity index (χ4v) is 5.17. The average molecular weight is 507 g/mol. The molecule has 2 amide bonds. The van der Waals surface area contributed by atoms with E-state index in [2.05, 4.69) is 16.4 Å². The lowest BCUT2D eigenvalue weighted by atomic mass is 10.1. The van der Waals surface area contributed by atoms with E-state index in [0.29, 0.717) is 42.8 Å². The molecule has 0 atom stereocenters. The van der Waals surface area contributed by atoms with Crippen molar-refractivity contribution in [2.24, 2.45) is 11.7 Å². The van der Waals surface area contributed by atoms with Crippen LogP contribution >= 0.6 is 11.3 Å². The molecule has 2 heterocycles. The van der Waals surface area contributed by atoms with Gasteiger partial charge in [0, 0.05) is 46.9 Å². The van der Waals surface area contributed by atoms with Crippen molar-refractivity contribution in [3.63, 3.8) is 0 Å². The van der Waals surface area contributed by atoms with Gasteiger partial charge in [0.1, 0.15) is 12.4 Å². The molecular weight excluding hydrogens is 476 g/mol. The van der Waals surface area contributed by atoms with Gasteiger partial charge in [0.25, 0.3) is 5.91 Å². The van der Waals surface area contributed by atoms with Crippen LogP contribution in [0.5, 0.6) is 5.75 Å². The summed E-state index contributed by atoms with van der Waals surface area (Å²) < 4.78 is 11.0. The van der Waals surface area contributed by atoms with E-state index in [9.17, 15) is 9.59 Å². The molecule has 2 aliphatic rings. The zero-order valence-electron chi connectivity index (χ0n) is 20.3. The van der Waals surface area contributed by atoms with Crippen molar-refractivity contribution in [3.05, 3.63) is 57.9 Å². The van der Waals surface area contributed by atoms with Gasteiger partial charge in [0.05, 0.1) is 18.9 Å². The molecule has 5 rings (SSSR count). The highest BCUT2D eigenvalue weighted by Gasteiger charge is 2.36. The van der Waals surface area contributed by atoms with Gasteiger partial charge in [-0.25, -0.2) is 4.98 Å². The molecule has 0 radical (unpaired) electrons. The quantitative estimate of drug-likeness (QED) is 0.402. The molecule has 1 saturated carbocycles. The number of nitrogens with one attached hydrogen (secondary N) is 1. The highest BCUT2D eigenvalue weighted by Crippen LogP contribution is 2.38. The first-order chi connectivity index (χ1) is 17.5. The van der Waals surface area contributed by atoms with Crippen LogP contribution in [0.25, 0.3) is 11.3 Å². The monoisotopic (exact) mass is 506 g/mol. The summed E-state index contributed by atoms with van der Waals surface area (Å²) in [6.07, 6.45) is 2.86. The van der Waals surface area contributed by atoms with Gasteiger partial charge in [-0.2, -0.15) is 0 Å². The lowest BCUT2D eigenvalue weighted by molar-refractivity contribution is -0.119. The Balaban J connectivity index is 1.25. The van der Waals surface area contributed by atoms with Crippen LogP contribution in [-0.2, 0) is 16.0 Å². The van der Waals surface area contributed by atoms with Crippen molar-refractivity contribution in [3.8, 4) is 17.0 Å². The summed E-state index contributed by atoms with van der Waals surface area (Å²) in [6.45, 7) is 4.54. The van der Waals surface area contributed by atoms with Crippen LogP contribution in [0.4, 0.5) is 11.4 Å². The second-order valence-electron chi connectivity index (χ2n) is 9.01. The first-order valence-corrected chi connectivity index (χ1v) is 13.1. The minimum Gasteiger partial charge on any atom is -0.491 e. The molecule has 0 spiro atoms. The topological polar surface area (TPSA) is 107 Å². The van der Waals surface area contributed by atoms with Gasteiger partial charge in [0.15, 0.2) is 5.01 Å². The molecule has 1 aliphatic carbocycles. The predicted molar refractivity (Wildman–Crippen MR) is 141 cm³/mol. The smallest absolute Gasteiger partial charge is 0.284 e. The molecule has 3 N–H and O–H groups in total. The van der Waals surface area contributed by atoms with Crippen molar-refractivity contribution in [2.45, 2.75) is 26.2 Å². The van der Waals surface area contributed by atoms with E-state index in [4.69, 9.17) is 15.2 Å². The van der Waals surface area contributed by atoms with Gasteiger partial charge in [-0.3, -0.25) is 9.59 Å². The van der Waals surface area contributed by atoms with E-state index in [1.807, 2.05) is 42.2 Å². The Morgan fingerprint density at radius 3 is 2.83 bits per heavy atom.